The summed E-state index contributed by atoms with van der Waals surface area (Å²) in [5.74, 6) is -0.599. The van der Waals surface area contributed by atoms with Crippen LogP contribution >= 0.6 is 0 Å². The lowest BCUT2D eigenvalue weighted by molar-refractivity contribution is -0.131. The number of ether oxygens (including phenoxy) is 1. The minimum Gasteiger partial charge on any atom is -0.383 e. The molecule has 1 N–H and O–H groups in total. The maximum absolute atomic E-state index is 13.5. The summed E-state index contributed by atoms with van der Waals surface area (Å²) in [6.45, 7) is 3.06. The van der Waals surface area contributed by atoms with E-state index in [0.717, 1.165) is 0 Å². The van der Waals surface area contributed by atoms with E-state index in [4.69, 9.17) is 4.74 Å². The van der Waals surface area contributed by atoms with Crippen molar-refractivity contribution in [1.29, 1.82) is 0 Å². The van der Waals surface area contributed by atoms with Crippen molar-refractivity contribution in [2.45, 2.75) is 13.5 Å². The zero-order valence-corrected chi connectivity index (χ0v) is 14.8. The molecule has 0 heterocycles. The van der Waals surface area contributed by atoms with Gasteiger partial charge in [0.15, 0.2) is 0 Å². The Bertz CT molecular complexity index is 564. The molecule has 2 amide bonds. The van der Waals surface area contributed by atoms with Gasteiger partial charge in [-0.05, 0) is 24.1 Å². The highest BCUT2D eigenvalue weighted by atomic mass is 19.1. The van der Waals surface area contributed by atoms with Crippen molar-refractivity contribution >= 4 is 11.8 Å². The predicted molar refractivity (Wildman–Crippen MR) is 90.0 cm³/mol. The highest BCUT2D eigenvalue weighted by Gasteiger charge is 2.15. The van der Waals surface area contributed by atoms with E-state index in [-0.39, 0.29) is 37.3 Å². The first-order valence-electron chi connectivity index (χ1n) is 7.76. The van der Waals surface area contributed by atoms with E-state index in [0.29, 0.717) is 24.3 Å². The van der Waals surface area contributed by atoms with Crippen molar-refractivity contribution in [1.82, 2.24) is 15.1 Å². The largest absolute Gasteiger partial charge is 0.383 e. The number of methoxy groups -OCH3 is 1. The molecule has 0 aromatic heterocycles. The SMILES string of the molecule is COCCN(CC(=O)NCc1ccc(C)c(F)c1)CC(=O)N(C)C. The number of carbonyl (C=O) groups excluding carboxylic acids is 2. The maximum Gasteiger partial charge on any atom is 0.236 e. The van der Waals surface area contributed by atoms with Gasteiger partial charge in [0.2, 0.25) is 11.8 Å². The van der Waals surface area contributed by atoms with E-state index < -0.39 is 0 Å². The molecule has 0 unspecified atom stereocenters. The van der Waals surface area contributed by atoms with E-state index >= 15 is 0 Å². The second-order valence-electron chi connectivity index (χ2n) is 5.85. The number of likely N-dealkylation sites (N-methyl/N-ethyl adjacent to an activating group) is 1. The average Bonchev–Trinajstić information content (AvgIpc) is 2.53. The number of nitrogens with zero attached hydrogens (tertiary/aromatic N) is 2. The minimum absolute atomic E-state index is 0.0806. The Balaban J connectivity index is 2.53. The molecule has 0 spiro atoms. The average molecular weight is 339 g/mol. The number of carbonyl (C=O) groups is 2. The molecule has 0 atom stereocenters. The molecule has 0 bridgehead atoms. The van der Waals surface area contributed by atoms with Gasteiger partial charge in [-0.2, -0.15) is 0 Å². The molecule has 1 aromatic carbocycles. The number of hydrogen-bond donors (Lipinski definition) is 1. The van der Waals surface area contributed by atoms with Gasteiger partial charge in [0.1, 0.15) is 5.82 Å². The molecule has 24 heavy (non-hydrogen) atoms. The molecule has 0 saturated heterocycles. The Labute approximate surface area is 142 Å². The monoisotopic (exact) mass is 339 g/mol. The smallest absolute Gasteiger partial charge is 0.236 e. The molecule has 1 rings (SSSR count). The molecular formula is C17H26FN3O3. The summed E-state index contributed by atoms with van der Waals surface area (Å²) >= 11 is 0. The molecule has 6 nitrogen and oxygen atoms in total. The van der Waals surface area contributed by atoms with Gasteiger partial charge in [0, 0.05) is 34.3 Å². The third kappa shape index (κ3) is 7.06. The Morgan fingerprint density at radius 2 is 1.96 bits per heavy atom. The fourth-order valence-electron chi connectivity index (χ4n) is 1.97. The topological polar surface area (TPSA) is 61.9 Å². The summed E-state index contributed by atoms with van der Waals surface area (Å²) in [5.41, 5.74) is 1.26. The van der Waals surface area contributed by atoms with Crippen LogP contribution in [-0.2, 0) is 20.9 Å². The standard InChI is InChI=1S/C17H26FN3O3/c1-13-5-6-14(9-15(13)18)10-19-16(22)11-21(7-8-24-4)12-17(23)20(2)3/h5-6,9H,7-8,10-12H2,1-4H3,(H,19,22). The van der Waals surface area contributed by atoms with Crippen molar-refractivity contribution in [2.24, 2.45) is 0 Å². The van der Waals surface area contributed by atoms with Crippen LogP contribution in [0.25, 0.3) is 0 Å². The van der Waals surface area contributed by atoms with Crippen LogP contribution in [0.5, 0.6) is 0 Å². The summed E-state index contributed by atoms with van der Waals surface area (Å²) in [5, 5.41) is 2.74. The Morgan fingerprint density at radius 3 is 2.54 bits per heavy atom. The molecule has 0 fully saturated rings. The summed E-state index contributed by atoms with van der Waals surface area (Å²) in [4.78, 5) is 27.1. The molecule has 7 heteroatoms. The number of amides is 2. The van der Waals surface area contributed by atoms with Gasteiger partial charge in [-0.25, -0.2) is 4.39 Å². The third-order valence-electron chi connectivity index (χ3n) is 3.56. The molecule has 0 saturated carbocycles. The predicted octanol–water partition coefficient (Wildman–Crippen LogP) is 0.787. The zero-order valence-electron chi connectivity index (χ0n) is 14.8. The van der Waals surface area contributed by atoms with E-state index in [1.165, 1.54) is 11.0 Å². The van der Waals surface area contributed by atoms with E-state index in [1.54, 1.807) is 45.2 Å². The van der Waals surface area contributed by atoms with Crippen molar-refractivity contribution in [2.75, 3.05) is 47.4 Å². The molecule has 0 aliphatic rings. The summed E-state index contributed by atoms with van der Waals surface area (Å²) in [7, 11) is 4.91. The van der Waals surface area contributed by atoms with Crippen molar-refractivity contribution in [3.63, 3.8) is 0 Å². The molecule has 0 aliphatic carbocycles. The van der Waals surface area contributed by atoms with Gasteiger partial charge in [0.05, 0.1) is 19.7 Å². The van der Waals surface area contributed by atoms with Crippen molar-refractivity contribution in [3.05, 3.63) is 35.1 Å². The number of rotatable bonds is 9. The van der Waals surface area contributed by atoms with Crippen LogP contribution in [0.2, 0.25) is 0 Å². The lowest BCUT2D eigenvalue weighted by atomic mass is 10.1. The Kier molecular flexibility index (Phi) is 8.35. The molecule has 1 aromatic rings. The minimum atomic E-state index is -0.292. The Morgan fingerprint density at radius 1 is 1.25 bits per heavy atom. The highest BCUT2D eigenvalue weighted by molar-refractivity contribution is 5.81. The van der Waals surface area contributed by atoms with Crippen LogP contribution in [0, 0.1) is 12.7 Å². The second-order valence-corrected chi connectivity index (χ2v) is 5.85. The van der Waals surface area contributed by atoms with Crippen LogP contribution < -0.4 is 5.32 Å². The lowest BCUT2D eigenvalue weighted by Crippen LogP contribution is -2.43. The van der Waals surface area contributed by atoms with Gasteiger partial charge < -0.3 is 15.0 Å². The number of aryl methyl sites for hydroxylation is 1. The van der Waals surface area contributed by atoms with Crippen LogP contribution in [0.15, 0.2) is 18.2 Å². The normalized spacial score (nSPS) is 10.8. The number of hydrogen-bond acceptors (Lipinski definition) is 4. The number of halogens is 1. The van der Waals surface area contributed by atoms with E-state index in [1.807, 2.05) is 0 Å². The summed E-state index contributed by atoms with van der Waals surface area (Å²) < 4.78 is 18.5. The van der Waals surface area contributed by atoms with Crippen LogP contribution in [-0.4, -0.2) is 69.1 Å². The highest BCUT2D eigenvalue weighted by Crippen LogP contribution is 2.08. The van der Waals surface area contributed by atoms with Crippen LogP contribution in [0.3, 0.4) is 0 Å². The first-order chi connectivity index (χ1) is 11.3. The fraction of sp³-hybridized carbons (Fsp3) is 0.529. The van der Waals surface area contributed by atoms with E-state index in [9.17, 15) is 14.0 Å². The molecule has 0 aliphatic heterocycles. The molecule has 0 radical (unpaired) electrons. The van der Waals surface area contributed by atoms with Gasteiger partial charge in [-0.15, -0.1) is 0 Å². The first kappa shape index (κ1) is 20.1. The van der Waals surface area contributed by atoms with Gasteiger partial charge >= 0.3 is 0 Å². The summed E-state index contributed by atoms with van der Waals surface area (Å²) in [6, 6.07) is 4.86. The second kappa shape index (κ2) is 10.00. The van der Waals surface area contributed by atoms with E-state index in [2.05, 4.69) is 5.32 Å². The van der Waals surface area contributed by atoms with Gasteiger partial charge in [-0.3, -0.25) is 14.5 Å². The van der Waals surface area contributed by atoms with Crippen LogP contribution in [0.1, 0.15) is 11.1 Å². The zero-order chi connectivity index (χ0) is 18.1. The molecular weight excluding hydrogens is 313 g/mol. The maximum atomic E-state index is 13.5. The van der Waals surface area contributed by atoms with Gasteiger partial charge in [-0.1, -0.05) is 12.1 Å². The van der Waals surface area contributed by atoms with Crippen molar-refractivity contribution in [3.8, 4) is 0 Å². The van der Waals surface area contributed by atoms with Crippen molar-refractivity contribution < 1.29 is 18.7 Å². The lowest BCUT2D eigenvalue weighted by Gasteiger charge is -2.22. The Hall–Kier alpha value is -1.99. The van der Waals surface area contributed by atoms with Crippen LogP contribution in [0.4, 0.5) is 4.39 Å². The summed E-state index contributed by atoms with van der Waals surface area (Å²) in [6.07, 6.45) is 0. The number of benzene rings is 1. The van der Waals surface area contributed by atoms with Gasteiger partial charge in [0.25, 0.3) is 0 Å². The number of nitrogens with one attached hydrogen (secondary N) is 1. The quantitative estimate of drug-likeness (QED) is 0.722. The third-order valence-corrected chi connectivity index (χ3v) is 3.56. The molecule has 134 valence electrons. The first-order valence-corrected chi connectivity index (χ1v) is 7.76. The fourth-order valence-corrected chi connectivity index (χ4v) is 1.97.